The van der Waals surface area contributed by atoms with Gasteiger partial charge in [0.05, 0.1) is 17.4 Å². The minimum absolute atomic E-state index is 0.0387. The number of aromatic nitrogens is 1. The lowest BCUT2D eigenvalue weighted by Crippen LogP contribution is -2.11. The van der Waals surface area contributed by atoms with Gasteiger partial charge in [0, 0.05) is 33.1 Å². The van der Waals surface area contributed by atoms with E-state index in [0.29, 0.717) is 6.61 Å². The predicted octanol–water partition coefficient (Wildman–Crippen LogP) is 8.35. The van der Waals surface area contributed by atoms with Crippen LogP contribution in [-0.4, -0.2) is 11.1 Å². The molecule has 1 aromatic heterocycles. The second-order valence-electron chi connectivity index (χ2n) is 8.77. The van der Waals surface area contributed by atoms with Crippen LogP contribution in [0.1, 0.15) is 50.1 Å². The highest BCUT2D eigenvalue weighted by Gasteiger charge is 2.18. The molecular formula is C30H32ClNO2. The van der Waals surface area contributed by atoms with Crippen LogP contribution in [0.3, 0.4) is 0 Å². The number of hydrogen-bond acceptors (Lipinski definition) is 3. The van der Waals surface area contributed by atoms with Crippen molar-refractivity contribution in [2.75, 3.05) is 0 Å². The quantitative estimate of drug-likeness (QED) is 0.257. The van der Waals surface area contributed by atoms with Crippen LogP contribution in [0.5, 0.6) is 11.5 Å². The molecule has 0 radical (unpaired) electrons. The van der Waals surface area contributed by atoms with Crippen LogP contribution in [0.2, 0.25) is 5.02 Å². The van der Waals surface area contributed by atoms with E-state index in [1.807, 2.05) is 57.2 Å². The van der Waals surface area contributed by atoms with Gasteiger partial charge in [0.15, 0.2) is 0 Å². The fourth-order valence-electron chi connectivity index (χ4n) is 4.41. The van der Waals surface area contributed by atoms with Gasteiger partial charge in [-0.25, -0.2) is 0 Å². The highest BCUT2D eigenvalue weighted by molar-refractivity contribution is 6.35. The molecule has 176 valence electrons. The SMILES string of the molecule is CCc1cccc(CC)c1-c1cc(OC(C)C)c(COc2ccc(Cl)c3ccccc23)c(C)n1. The zero-order valence-corrected chi connectivity index (χ0v) is 21.4. The Morgan fingerprint density at radius 1 is 0.853 bits per heavy atom. The van der Waals surface area contributed by atoms with Gasteiger partial charge >= 0.3 is 0 Å². The Kier molecular flexibility index (Phi) is 7.43. The van der Waals surface area contributed by atoms with Crippen molar-refractivity contribution in [3.05, 3.63) is 88.1 Å². The molecule has 0 atom stereocenters. The Balaban J connectivity index is 1.76. The molecule has 3 nitrogen and oxygen atoms in total. The van der Waals surface area contributed by atoms with Crippen LogP contribution in [0, 0.1) is 6.92 Å². The third-order valence-corrected chi connectivity index (χ3v) is 6.44. The molecular weight excluding hydrogens is 442 g/mol. The van der Waals surface area contributed by atoms with Gasteiger partial charge in [0.2, 0.25) is 0 Å². The van der Waals surface area contributed by atoms with Crippen LogP contribution in [0.15, 0.2) is 60.7 Å². The second-order valence-corrected chi connectivity index (χ2v) is 9.18. The number of ether oxygens (including phenoxy) is 2. The smallest absolute Gasteiger partial charge is 0.130 e. The summed E-state index contributed by atoms with van der Waals surface area (Å²) < 4.78 is 12.6. The number of rotatable bonds is 8. The molecule has 4 aromatic rings. The Morgan fingerprint density at radius 2 is 1.53 bits per heavy atom. The number of nitrogens with zero attached hydrogens (tertiary/aromatic N) is 1. The molecule has 0 N–H and O–H groups in total. The highest BCUT2D eigenvalue weighted by Crippen LogP contribution is 2.35. The average molecular weight is 474 g/mol. The van der Waals surface area contributed by atoms with Crippen LogP contribution >= 0.6 is 11.6 Å². The molecule has 0 saturated heterocycles. The van der Waals surface area contributed by atoms with Crippen molar-refractivity contribution in [1.29, 1.82) is 0 Å². The molecule has 0 unspecified atom stereocenters. The molecule has 34 heavy (non-hydrogen) atoms. The molecule has 0 amide bonds. The summed E-state index contributed by atoms with van der Waals surface area (Å²) in [4.78, 5) is 5.04. The summed E-state index contributed by atoms with van der Waals surface area (Å²) in [7, 11) is 0. The van der Waals surface area contributed by atoms with Crippen molar-refractivity contribution in [2.24, 2.45) is 0 Å². The molecule has 0 saturated carbocycles. The van der Waals surface area contributed by atoms with E-state index in [2.05, 4.69) is 38.1 Å². The standard InChI is InChI=1S/C30H32ClNO2/c1-6-21-11-10-12-22(7-2)30(21)27-17-29(34-19(3)4)25(20(5)32-27)18-33-28-16-15-26(31)23-13-8-9-14-24(23)28/h8-17,19H,6-7,18H2,1-5H3. The summed E-state index contributed by atoms with van der Waals surface area (Å²) in [6.45, 7) is 10.9. The number of hydrogen-bond donors (Lipinski definition) is 0. The molecule has 0 bridgehead atoms. The first-order chi connectivity index (χ1) is 16.4. The number of aryl methyl sites for hydroxylation is 3. The summed E-state index contributed by atoms with van der Waals surface area (Å²) in [6, 6.07) is 20.4. The molecule has 0 fully saturated rings. The van der Waals surface area contributed by atoms with E-state index >= 15 is 0 Å². The van der Waals surface area contributed by atoms with Crippen molar-refractivity contribution in [3.63, 3.8) is 0 Å². The van der Waals surface area contributed by atoms with E-state index in [0.717, 1.165) is 57.1 Å². The van der Waals surface area contributed by atoms with Gasteiger partial charge in [-0.2, -0.15) is 0 Å². The first-order valence-electron chi connectivity index (χ1n) is 12.0. The predicted molar refractivity (Wildman–Crippen MR) is 142 cm³/mol. The largest absolute Gasteiger partial charge is 0.490 e. The maximum Gasteiger partial charge on any atom is 0.130 e. The normalized spacial score (nSPS) is 11.3. The number of pyridine rings is 1. The lowest BCUT2D eigenvalue weighted by Gasteiger charge is -2.20. The molecule has 1 heterocycles. The van der Waals surface area contributed by atoms with Gasteiger partial charge in [0.25, 0.3) is 0 Å². The zero-order chi connectivity index (χ0) is 24.2. The molecule has 0 aliphatic heterocycles. The van der Waals surface area contributed by atoms with E-state index in [9.17, 15) is 0 Å². The molecule has 4 rings (SSSR count). The lowest BCUT2D eigenvalue weighted by molar-refractivity contribution is 0.230. The van der Waals surface area contributed by atoms with Crippen LogP contribution in [0.4, 0.5) is 0 Å². The van der Waals surface area contributed by atoms with Crippen molar-refractivity contribution < 1.29 is 9.47 Å². The first-order valence-corrected chi connectivity index (χ1v) is 12.4. The van der Waals surface area contributed by atoms with Crippen molar-refractivity contribution in [3.8, 4) is 22.8 Å². The number of halogens is 1. The van der Waals surface area contributed by atoms with Crippen molar-refractivity contribution in [2.45, 2.75) is 60.2 Å². The van der Waals surface area contributed by atoms with Crippen LogP contribution in [0.25, 0.3) is 22.0 Å². The second kappa shape index (κ2) is 10.5. The minimum atomic E-state index is 0.0387. The molecule has 3 aromatic carbocycles. The summed E-state index contributed by atoms with van der Waals surface area (Å²) in [6.07, 6.45) is 1.95. The minimum Gasteiger partial charge on any atom is -0.490 e. The fourth-order valence-corrected chi connectivity index (χ4v) is 4.64. The summed E-state index contributed by atoms with van der Waals surface area (Å²) in [5.41, 5.74) is 6.67. The Morgan fingerprint density at radius 3 is 2.18 bits per heavy atom. The summed E-state index contributed by atoms with van der Waals surface area (Å²) in [5, 5.41) is 2.69. The van der Waals surface area contributed by atoms with Gasteiger partial charge in [-0.3, -0.25) is 4.98 Å². The topological polar surface area (TPSA) is 31.4 Å². The van der Waals surface area contributed by atoms with Crippen molar-refractivity contribution >= 4 is 22.4 Å². The lowest BCUT2D eigenvalue weighted by atomic mass is 9.94. The Hall–Kier alpha value is -3.04. The summed E-state index contributed by atoms with van der Waals surface area (Å²) in [5.74, 6) is 1.62. The van der Waals surface area contributed by atoms with Crippen LogP contribution < -0.4 is 9.47 Å². The Bertz CT molecular complexity index is 1290. The first kappa shape index (κ1) is 24.1. The monoisotopic (exact) mass is 473 g/mol. The van der Waals surface area contributed by atoms with E-state index in [1.54, 1.807) is 0 Å². The zero-order valence-electron chi connectivity index (χ0n) is 20.6. The summed E-state index contributed by atoms with van der Waals surface area (Å²) >= 11 is 6.39. The molecule has 0 aliphatic carbocycles. The van der Waals surface area contributed by atoms with E-state index in [1.165, 1.54) is 16.7 Å². The molecule has 0 aliphatic rings. The maximum absolute atomic E-state index is 6.39. The number of benzene rings is 3. The molecule has 0 spiro atoms. The fraction of sp³-hybridized carbons (Fsp3) is 0.300. The Labute approximate surface area is 207 Å². The van der Waals surface area contributed by atoms with Gasteiger partial charge in [0.1, 0.15) is 18.1 Å². The molecule has 4 heteroatoms. The average Bonchev–Trinajstić information content (AvgIpc) is 2.83. The van der Waals surface area contributed by atoms with Crippen LogP contribution in [-0.2, 0) is 19.4 Å². The van der Waals surface area contributed by atoms with Crippen molar-refractivity contribution in [1.82, 2.24) is 4.98 Å². The van der Waals surface area contributed by atoms with E-state index < -0.39 is 0 Å². The third-order valence-electron chi connectivity index (χ3n) is 6.11. The van der Waals surface area contributed by atoms with Gasteiger partial charge in [-0.05, 0) is 56.9 Å². The maximum atomic E-state index is 6.39. The van der Waals surface area contributed by atoms with Gasteiger partial charge < -0.3 is 9.47 Å². The number of fused-ring (bicyclic) bond motifs is 1. The third kappa shape index (κ3) is 4.90. The van der Waals surface area contributed by atoms with Gasteiger partial charge in [-0.15, -0.1) is 0 Å². The van der Waals surface area contributed by atoms with Gasteiger partial charge in [-0.1, -0.05) is 67.9 Å². The van der Waals surface area contributed by atoms with E-state index in [-0.39, 0.29) is 6.10 Å². The van der Waals surface area contributed by atoms with E-state index in [4.69, 9.17) is 26.1 Å². The highest BCUT2D eigenvalue weighted by atomic mass is 35.5.